The number of nitrogens with one attached hydrogen (secondary N) is 1. The number of carbonyl (C=O) groups excluding carboxylic acids is 1. The Hall–Kier alpha value is -2.08. The fourth-order valence-electron chi connectivity index (χ4n) is 2.13. The van der Waals surface area contributed by atoms with Crippen LogP contribution in [0.4, 0.5) is 0 Å². The van der Waals surface area contributed by atoms with Gasteiger partial charge in [0.25, 0.3) is 0 Å². The van der Waals surface area contributed by atoms with Gasteiger partial charge in [-0.15, -0.1) is 5.10 Å². The monoisotopic (exact) mass is 330 g/mol. The van der Waals surface area contributed by atoms with E-state index in [0.29, 0.717) is 11.0 Å². The second-order valence-electron chi connectivity index (χ2n) is 5.02. The fourth-order valence-corrected chi connectivity index (χ4v) is 2.94. The summed E-state index contributed by atoms with van der Waals surface area (Å²) in [7, 11) is 0. The third kappa shape index (κ3) is 4.96. The standard InChI is InChI=1S/C17H22N4OS/c1-4-21(5-2)16(22)13(3)23-17-18-15(19-20-17)12-11-14-9-7-6-8-10-14/h6-13H,4-5H2,1-3H3,(H,18,19,20)/b12-11+. The highest BCUT2D eigenvalue weighted by Gasteiger charge is 2.20. The molecule has 0 aliphatic heterocycles. The predicted molar refractivity (Wildman–Crippen MR) is 95.0 cm³/mol. The van der Waals surface area contributed by atoms with Gasteiger partial charge < -0.3 is 4.90 Å². The molecule has 1 atom stereocenters. The van der Waals surface area contributed by atoms with Crippen LogP contribution in [0.25, 0.3) is 12.2 Å². The van der Waals surface area contributed by atoms with Crippen LogP contribution in [-0.2, 0) is 4.79 Å². The lowest BCUT2D eigenvalue weighted by Crippen LogP contribution is -2.36. The average Bonchev–Trinajstić information content (AvgIpc) is 3.02. The zero-order valence-corrected chi connectivity index (χ0v) is 14.5. The van der Waals surface area contributed by atoms with Crippen molar-refractivity contribution in [3.63, 3.8) is 0 Å². The summed E-state index contributed by atoms with van der Waals surface area (Å²) in [5.74, 6) is 0.796. The molecule has 122 valence electrons. The van der Waals surface area contributed by atoms with Gasteiger partial charge in [0.2, 0.25) is 11.1 Å². The van der Waals surface area contributed by atoms with E-state index in [0.717, 1.165) is 18.7 Å². The van der Waals surface area contributed by atoms with E-state index >= 15 is 0 Å². The van der Waals surface area contributed by atoms with Gasteiger partial charge >= 0.3 is 0 Å². The minimum atomic E-state index is -0.198. The Kier molecular flexibility index (Phi) is 6.40. The van der Waals surface area contributed by atoms with Crippen molar-refractivity contribution in [1.29, 1.82) is 0 Å². The highest BCUT2D eigenvalue weighted by molar-refractivity contribution is 8.00. The summed E-state index contributed by atoms with van der Waals surface area (Å²) in [6, 6.07) is 10.00. The molecule has 1 aromatic carbocycles. The number of aromatic amines is 1. The molecule has 2 rings (SSSR count). The van der Waals surface area contributed by atoms with Crippen LogP contribution in [0, 0.1) is 0 Å². The second kappa shape index (κ2) is 8.53. The van der Waals surface area contributed by atoms with Gasteiger partial charge in [-0.1, -0.05) is 48.2 Å². The Bertz CT molecular complexity index is 650. The summed E-state index contributed by atoms with van der Waals surface area (Å²) in [5.41, 5.74) is 1.10. The summed E-state index contributed by atoms with van der Waals surface area (Å²) in [4.78, 5) is 18.5. The molecular weight excluding hydrogens is 308 g/mol. The first kappa shape index (κ1) is 17.3. The van der Waals surface area contributed by atoms with Gasteiger partial charge in [0.15, 0.2) is 0 Å². The topological polar surface area (TPSA) is 61.9 Å². The van der Waals surface area contributed by atoms with Gasteiger partial charge in [0, 0.05) is 13.1 Å². The van der Waals surface area contributed by atoms with Crippen LogP contribution < -0.4 is 0 Å². The second-order valence-corrected chi connectivity index (χ2v) is 6.33. The summed E-state index contributed by atoms with van der Waals surface area (Å²) in [6.45, 7) is 7.30. The van der Waals surface area contributed by atoms with Crippen molar-refractivity contribution in [2.75, 3.05) is 13.1 Å². The number of thioether (sulfide) groups is 1. The smallest absolute Gasteiger partial charge is 0.235 e. The maximum Gasteiger partial charge on any atom is 0.235 e. The number of hydrogen-bond donors (Lipinski definition) is 1. The summed E-state index contributed by atoms with van der Waals surface area (Å²) in [5, 5.41) is 7.44. The van der Waals surface area contributed by atoms with Gasteiger partial charge in [0.05, 0.1) is 5.25 Å². The molecule has 5 nitrogen and oxygen atoms in total. The van der Waals surface area contributed by atoms with Crippen molar-refractivity contribution < 1.29 is 4.79 Å². The molecule has 0 bridgehead atoms. The molecule has 6 heteroatoms. The molecule has 1 heterocycles. The zero-order valence-electron chi connectivity index (χ0n) is 13.7. The van der Waals surface area contributed by atoms with E-state index in [1.54, 1.807) is 0 Å². The minimum absolute atomic E-state index is 0.117. The normalized spacial score (nSPS) is 12.5. The van der Waals surface area contributed by atoms with Crippen molar-refractivity contribution in [1.82, 2.24) is 20.1 Å². The van der Waals surface area contributed by atoms with Gasteiger partial charge in [-0.3, -0.25) is 9.89 Å². The number of aromatic nitrogens is 3. The first-order valence-electron chi connectivity index (χ1n) is 7.75. The highest BCUT2D eigenvalue weighted by Crippen LogP contribution is 2.21. The van der Waals surface area contributed by atoms with Crippen LogP contribution in [0.3, 0.4) is 0 Å². The molecule has 0 spiro atoms. The van der Waals surface area contributed by atoms with E-state index < -0.39 is 0 Å². The van der Waals surface area contributed by atoms with Crippen LogP contribution in [0.5, 0.6) is 0 Å². The first-order valence-corrected chi connectivity index (χ1v) is 8.63. The minimum Gasteiger partial charge on any atom is -0.342 e. The molecule has 1 N–H and O–H groups in total. The fraction of sp³-hybridized carbons (Fsp3) is 0.353. The van der Waals surface area contributed by atoms with Crippen molar-refractivity contribution >= 4 is 29.8 Å². The summed E-state index contributed by atoms with van der Waals surface area (Å²) >= 11 is 1.37. The maximum absolute atomic E-state index is 12.3. The number of carbonyl (C=O) groups is 1. The van der Waals surface area contributed by atoms with E-state index in [1.165, 1.54) is 11.8 Å². The molecular formula is C17H22N4OS. The number of hydrogen-bond acceptors (Lipinski definition) is 4. The number of benzene rings is 1. The molecule has 23 heavy (non-hydrogen) atoms. The lowest BCUT2D eigenvalue weighted by atomic mass is 10.2. The third-order valence-corrected chi connectivity index (χ3v) is 4.37. The molecule has 0 saturated carbocycles. The molecule has 0 radical (unpaired) electrons. The third-order valence-electron chi connectivity index (χ3n) is 3.42. The Morgan fingerprint density at radius 1 is 1.26 bits per heavy atom. The maximum atomic E-state index is 12.3. The van der Waals surface area contributed by atoms with Crippen LogP contribution in [-0.4, -0.2) is 44.3 Å². The lowest BCUT2D eigenvalue weighted by molar-refractivity contribution is -0.129. The summed E-state index contributed by atoms with van der Waals surface area (Å²) < 4.78 is 0. The van der Waals surface area contributed by atoms with Crippen LogP contribution in [0.1, 0.15) is 32.2 Å². The highest BCUT2D eigenvalue weighted by atomic mass is 32.2. The van der Waals surface area contributed by atoms with Gasteiger partial charge in [-0.25, -0.2) is 4.98 Å². The van der Waals surface area contributed by atoms with Crippen molar-refractivity contribution in [3.05, 3.63) is 41.7 Å². The van der Waals surface area contributed by atoms with Gasteiger partial charge in [0.1, 0.15) is 5.82 Å². The lowest BCUT2D eigenvalue weighted by Gasteiger charge is -2.21. The number of rotatable bonds is 7. The summed E-state index contributed by atoms with van der Waals surface area (Å²) in [6.07, 6.45) is 3.85. The zero-order chi connectivity index (χ0) is 16.7. The van der Waals surface area contributed by atoms with Crippen LogP contribution in [0.2, 0.25) is 0 Å². The number of amides is 1. The molecule has 0 aliphatic rings. The van der Waals surface area contributed by atoms with E-state index in [-0.39, 0.29) is 11.2 Å². The van der Waals surface area contributed by atoms with Crippen molar-refractivity contribution in [2.24, 2.45) is 0 Å². The molecule has 2 aromatic rings. The van der Waals surface area contributed by atoms with E-state index in [2.05, 4.69) is 15.2 Å². The van der Waals surface area contributed by atoms with E-state index in [9.17, 15) is 4.79 Å². The Labute approximate surface area is 141 Å². The average molecular weight is 330 g/mol. The number of nitrogens with zero attached hydrogens (tertiary/aromatic N) is 3. The van der Waals surface area contributed by atoms with Crippen molar-refractivity contribution in [2.45, 2.75) is 31.2 Å². The Morgan fingerprint density at radius 3 is 2.61 bits per heavy atom. The van der Waals surface area contributed by atoms with E-state index in [1.807, 2.05) is 68.2 Å². The molecule has 0 saturated heterocycles. The molecule has 1 unspecified atom stereocenters. The molecule has 0 fully saturated rings. The van der Waals surface area contributed by atoms with Crippen LogP contribution >= 0.6 is 11.8 Å². The molecule has 1 amide bonds. The number of H-pyrrole nitrogens is 1. The van der Waals surface area contributed by atoms with E-state index in [4.69, 9.17) is 0 Å². The Balaban J connectivity index is 1.97. The quantitative estimate of drug-likeness (QED) is 0.791. The Morgan fingerprint density at radius 2 is 1.96 bits per heavy atom. The predicted octanol–water partition coefficient (Wildman–Crippen LogP) is 3.32. The molecule has 0 aliphatic carbocycles. The largest absolute Gasteiger partial charge is 0.342 e. The van der Waals surface area contributed by atoms with Gasteiger partial charge in [-0.2, -0.15) is 0 Å². The van der Waals surface area contributed by atoms with Crippen LogP contribution in [0.15, 0.2) is 35.5 Å². The van der Waals surface area contributed by atoms with Crippen molar-refractivity contribution in [3.8, 4) is 0 Å². The van der Waals surface area contributed by atoms with Gasteiger partial charge in [-0.05, 0) is 32.4 Å². The first-order chi connectivity index (χ1) is 11.1. The molecule has 1 aromatic heterocycles. The SMILES string of the molecule is CCN(CC)C(=O)C(C)Sc1n[nH]c(/C=C/c2ccccc2)n1.